The molecule has 2 aromatic rings. The SMILES string of the molecule is CC(C)C[C@H](C(=O)O)[C@H](Cc1ccc(Br)nc1)c1n[nH]n1COCC[Si](C)(C)C. The van der Waals surface area contributed by atoms with Crippen LogP contribution in [0.4, 0.5) is 0 Å². The summed E-state index contributed by atoms with van der Waals surface area (Å²) in [6, 6.07) is 4.94. The first kappa shape index (κ1) is 23.8. The van der Waals surface area contributed by atoms with E-state index in [-0.39, 0.29) is 11.8 Å². The fourth-order valence-corrected chi connectivity index (χ4v) is 4.22. The first-order valence-corrected chi connectivity index (χ1v) is 14.6. The molecular weight excluding hydrogens is 452 g/mol. The molecule has 9 heteroatoms. The highest BCUT2D eigenvalue weighted by atomic mass is 79.9. The monoisotopic (exact) mass is 484 g/mol. The summed E-state index contributed by atoms with van der Waals surface area (Å²) < 4.78 is 8.42. The van der Waals surface area contributed by atoms with Gasteiger partial charge in [0.1, 0.15) is 11.3 Å². The Balaban J connectivity index is 2.17. The molecule has 0 saturated heterocycles. The van der Waals surface area contributed by atoms with E-state index in [0.29, 0.717) is 26.2 Å². The summed E-state index contributed by atoms with van der Waals surface area (Å²) in [7, 11) is -1.15. The first-order valence-electron chi connectivity index (χ1n) is 10.1. The van der Waals surface area contributed by atoms with E-state index in [1.165, 1.54) is 0 Å². The van der Waals surface area contributed by atoms with Gasteiger partial charge in [0.2, 0.25) is 0 Å². The van der Waals surface area contributed by atoms with E-state index in [0.717, 1.165) is 22.0 Å². The number of carboxylic acids is 1. The van der Waals surface area contributed by atoms with Gasteiger partial charge in [-0.3, -0.25) is 4.79 Å². The first-order chi connectivity index (χ1) is 13.6. The zero-order chi connectivity index (χ0) is 21.6. The fraction of sp³-hybridized carbons (Fsp3) is 0.650. The van der Waals surface area contributed by atoms with E-state index in [1.807, 2.05) is 30.7 Å². The molecule has 2 rings (SSSR count). The lowest BCUT2D eigenvalue weighted by molar-refractivity contribution is -0.143. The molecule has 0 aromatic carbocycles. The number of nitrogens with zero attached hydrogens (tertiary/aromatic N) is 3. The Hall–Kier alpha value is -1.45. The van der Waals surface area contributed by atoms with Crippen molar-refractivity contribution in [3.8, 4) is 0 Å². The highest BCUT2D eigenvalue weighted by molar-refractivity contribution is 9.10. The van der Waals surface area contributed by atoms with Crippen LogP contribution in [0, 0.1) is 11.8 Å². The minimum atomic E-state index is -1.15. The highest BCUT2D eigenvalue weighted by Crippen LogP contribution is 2.32. The fourth-order valence-electron chi connectivity index (χ4n) is 3.23. The highest BCUT2D eigenvalue weighted by Gasteiger charge is 2.34. The number of hydrogen-bond donors (Lipinski definition) is 2. The van der Waals surface area contributed by atoms with Crippen molar-refractivity contribution in [1.29, 1.82) is 0 Å². The summed E-state index contributed by atoms with van der Waals surface area (Å²) in [6.07, 6.45) is 2.94. The molecule has 2 aromatic heterocycles. The van der Waals surface area contributed by atoms with E-state index in [9.17, 15) is 9.90 Å². The number of aromatic amines is 1. The quantitative estimate of drug-likeness (QED) is 0.257. The van der Waals surface area contributed by atoms with Crippen molar-refractivity contribution in [2.45, 2.75) is 65.0 Å². The molecule has 2 heterocycles. The van der Waals surface area contributed by atoms with E-state index < -0.39 is 20.0 Å². The number of nitrogens with one attached hydrogen (secondary N) is 1. The van der Waals surface area contributed by atoms with E-state index in [2.05, 4.69) is 50.9 Å². The molecule has 29 heavy (non-hydrogen) atoms. The largest absolute Gasteiger partial charge is 0.481 e. The van der Waals surface area contributed by atoms with Gasteiger partial charge >= 0.3 is 5.97 Å². The number of H-pyrrole nitrogens is 1. The minimum Gasteiger partial charge on any atom is -0.481 e. The van der Waals surface area contributed by atoms with Crippen molar-refractivity contribution in [2.24, 2.45) is 11.8 Å². The van der Waals surface area contributed by atoms with Crippen molar-refractivity contribution in [3.05, 3.63) is 34.3 Å². The van der Waals surface area contributed by atoms with Crippen LogP contribution in [0.25, 0.3) is 0 Å². The summed E-state index contributed by atoms with van der Waals surface area (Å²) in [5.41, 5.74) is 0.988. The predicted octanol–water partition coefficient (Wildman–Crippen LogP) is 4.75. The average Bonchev–Trinajstić information content (AvgIpc) is 2.58. The van der Waals surface area contributed by atoms with Gasteiger partial charge in [0.05, 0.1) is 5.92 Å². The third-order valence-electron chi connectivity index (χ3n) is 4.88. The van der Waals surface area contributed by atoms with Crippen LogP contribution in [0.15, 0.2) is 22.9 Å². The van der Waals surface area contributed by atoms with Gasteiger partial charge in [0.25, 0.3) is 0 Å². The second-order valence-corrected chi connectivity index (χ2v) is 15.7. The van der Waals surface area contributed by atoms with Crippen LogP contribution in [0.3, 0.4) is 0 Å². The molecule has 0 aliphatic heterocycles. The Labute approximate surface area is 182 Å². The molecule has 0 saturated carbocycles. The van der Waals surface area contributed by atoms with Gasteiger partial charge in [-0.15, -0.1) is 5.10 Å². The summed E-state index contributed by atoms with van der Waals surface area (Å²) >= 11 is 3.35. The predicted molar refractivity (Wildman–Crippen MR) is 120 cm³/mol. The molecule has 0 radical (unpaired) electrons. The van der Waals surface area contributed by atoms with Crippen molar-refractivity contribution < 1.29 is 14.6 Å². The molecule has 0 aliphatic carbocycles. The number of hydrogen-bond acceptors (Lipinski definition) is 4. The number of rotatable bonds is 12. The van der Waals surface area contributed by atoms with Gasteiger partial charge in [0.15, 0.2) is 5.82 Å². The summed E-state index contributed by atoms with van der Waals surface area (Å²) in [5, 5.41) is 17.2. The van der Waals surface area contributed by atoms with Crippen LogP contribution in [0.2, 0.25) is 25.7 Å². The Morgan fingerprint density at radius 1 is 1.34 bits per heavy atom. The molecule has 0 bridgehead atoms. The van der Waals surface area contributed by atoms with Crippen LogP contribution < -0.4 is 0 Å². The van der Waals surface area contributed by atoms with Gasteiger partial charge in [-0.05, 0) is 52.4 Å². The Morgan fingerprint density at radius 2 is 2.07 bits per heavy atom. The van der Waals surface area contributed by atoms with Crippen molar-refractivity contribution in [1.82, 2.24) is 20.0 Å². The number of ether oxygens (including phenoxy) is 1. The number of pyridine rings is 1. The molecule has 2 N–H and O–H groups in total. The lowest BCUT2D eigenvalue weighted by Gasteiger charge is -2.29. The van der Waals surface area contributed by atoms with Gasteiger partial charge in [0, 0.05) is 26.8 Å². The number of carboxylic acid groups (broad SMARTS) is 1. The van der Waals surface area contributed by atoms with Crippen LogP contribution >= 0.6 is 15.9 Å². The van der Waals surface area contributed by atoms with E-state index >= 15 is 0 Å². The number of aliphatic carboxylic acids is 1. The zero-order valence-electron chi connectivity index (χ0n) is 18.0. The molecule has 0 aliphatic rings. The molecule has 0 spiro atoms. The number of aromatic nitrogens is 4. The lowest BCUT2D eigenvalue weighted by Crippen LogP contribution is -2.33. The standard InChI is InChI=1S/C20H33BrN4O3Si/c1-14(2)10-17(20(26)27)16(11-15-6-7-18(21)22-12-15)19-23-24-25(19)13-28-8-9-29(3,4)5/h6-7,12,14,16-17,24H,8-11,13H2,1-5H3,(H,26,27)/t16-,17-/m0/s1. The maximum Gasteiger partial charge on any atom is 0.307 e. The molecule has 0 fully saturated rings. The maximum atomic E-state index is 12.1. The second kappa shape index (κ2) is 10.5. The van der Waals surface area contributed by atoms with Crippen molar-refractivity contribution >= 4 is 30.0 Å². The molecular formula is C20H33BrN4O3Si. The molecule has 162 valence electrons. The van der Waals surface area contributed by atoms with Crippen molar-refractivity contribution in [2.75, 3.05) is 6.61 Å². The molecule has 0 amide bonds. The van der Waals surface area contributed by atoms with Crippen LogP contribution in [0.5, 0.6) is 0 Å². The lowest BCUT2D eigenvalue weighted by atomic mass is 9.81. The van der Waals surface area contributed by atoms with Gasteiger partial charge in [-0.2, -0.15) is 0 Å². The zero-order valence-corrected chi connectivity index (χ0v) is 20.6. The smallest absolute Gasteiger partial charge is 0.307 e. The van der Waals surface area contributed by atoms with Crippen molar-refractivity contribution in [3.63, 3.8) is 0 Å². The number of halogens is 1. The topological polar surface area (TPSA) is 93.0 Å². The Kier molecular flexibility index (Phi) is 8.66. The van der Waals surface area contributed by atoms with E-state index in [1.54, 1.807) is 6.20 Å². The van der Waals surface area contributed by atoms with Gasteiger partial charge in [-0.1, -0.05) is 39.6 Å². The van der Waals surface area contributed by atoms with Crippen LogP contribution in [0.1, 0.15) is 37.6 Å². The van der Waals surface area contributed by atoms with Crippen LogP contribution in [-0.4, -0.2) is 45.7 Å². The average molecular weight is 485 g/mol. The third-order valence-corrected chi connectivity index (χ3v) is 7.06. The molecule has 0 unspecified atom stereocenters. The maximum absolute atomic E-state index is 12.1. The summed E-state index contributed by atoms with van der Waals surface area (Å²) in [6.45, 7) is 12.1. The number of carbonyl (C=O) groups is 1. The van der Waals surface area contributed by atoms with Gasteiger partial charge in [-0.25, -0.2) is 14.9 Å². The molecule has 7 nitrogen and oxygen atoms in total. The van der Waals surface area contributed by atoms with Crippen LogP contribution in [-0.2, 0) is 22.7 Å². The summed E-state index contributed by atoms with van der Waals surface area (Å²) in [4.78, 5) is 16.4. The normalized spacial score (nSPS) is 14.3. The third kappa shape index (κ3) is 7.71. The minimum absolute atomic E-state index is 0.250. The van der Waals surface area contributed by atoms with E-state index in [4.69, 9.17) is 4.74 Å². The Morgan fingerprint density at radius 3 is 2.55 bits per heavy atom. The molecule has 2 atom stereocenters. The summed E-state index contributed by atoms with van der Waals surface area (Å²) in [5.74, 6) is -0.544. The Bertz CT molecular complexity index is 768. The second-order valence-electron chi connectivity index (χ2n) is 9.22. The van der Waals surface area contributed by atoms with Gasteiger partial charge < -0.3 is 9.84 Å².